The van der Waals surface area contributed by atoms with Crippen LogP contribution in [0.15, 0.2) is 23.1 Å². The second-order valence-corrected chi connectivity index (χ2v) is 5.41. The molecule has 1 heterocycles. The van der Waals surface area contributed by atoms with Crippen LogP contribution in [0.1, 0.15) is 33.6 Å². The van der Waals surface area contributed by atoms with E-state index in [1.165, 1.54) is 0 Å². The Morgan fingerprint density at radius 1 is 1.47 bits per heavy atom. The Morgan fingerprint density at radius 3 is 3.11 bits per heavy atom. The topological polar surface area (TPSA) is 55.4 Å². The summed E-state index contributed by atoms with van der Waals surface area (Å²) in [5, 5.41) is 2.86. The predicted molar refractivity (Wildman–Crippen MR) is 74.9 cm³/mol. The van der Waals surface area contributed by atoms with Crippen molar-refractivity contribution >= 4 is 23.5 Å². The average Bonchev–Trinajstić information content (AvgIpc) is 2.43. The second kappa shape index (κ2) is 6.73. The van der Waals surface area contributed by atoms with E-state index in [-0.39, 0.29) is 11.7 Å². The highest BCUT2D eigenvalue weighted by molar-refractivity contribution is 7.99. The minimum absolute atomic E-state index is 0.116. The van der Waals surface area contributed by atoms with Crippen LogP contribution in [0.3, 0.4) is 0 Å². The summed E-state index contributed by atoms with van der Waals surface area (Å²) in [7, 11) is 1.64. The third kappa shape index (κ3) is 3.36. The number of rotatable bonds is 5. The quantitative estimate of drug-likeness (QED) is 0.839. The molecular weight excluding hydrogens is 262 g/mol. The van der Waals surface area contributed by atoms with Gasteiger partial charge in [-0.1, -0.05) is 12.1 Å². The van der Waals surface area contributed by atoms with E-state index in [2.05, 4.69) is 5.32 Å². The van der Waals surface area contributed by atoms with Crippen molar-refractivity contribution in [1.82, 2.24) is 5.32 Å². The number of carbonyl (C=O) groups excluding carboxylic acids is 2. The number of benzene rings is 1. The molecule has 0 saturated carbocycles. The van der Waals surface area contributed by atoms with Crippen LogP contribution in [0.5, 0.6) is 0 Å². The van der Waals surface area contributed by atoms with E-state index >= 15 is 0 Å². The fourth-order valence-corrected chi connectivity index (χ4v) is 3.13. The standard InChI is InChI=1S/C14H17NO3S/c1-18-8-3-7-15-14(17)11-5-2-4-10-12(16)6-9-19-13(10)11/h2,4-5H,3,6-9H2,1H3,(H,15,17). The molecule has 1 amide bonds. The van der Waals surface area contributed by atoms with Crippen LogP contribution >= 0.6 is 11.8 Å². The Labute approximate surface area is 116 Å². The van der Waals surface area contributed by atoms with Gasteiger partial charge in [0.05, 0.1) is 5.56 Å². The molecule has 2 rings (SSSR count). The molecule has 0 radical (unpaired) electrons. The van der Waals surface area contributed by atoms with Crippen LogP contribution in [0.25, 0.3) is 0 Å². The zero-order valence-corrected chi connectivity index (χ0v) is 11.7. The minimum atomic E-state index is -0.116. The molecule has 0 fully saturated rings. The van der Waals surface area contributed by atoms with Gasteiger partial charge in [-0.3, -0.25) is 9.59 Å². The number of thioether (sulfide) groups is 1. The van der Waals surface area contributed by atoms with E-state index in [4.69, 9.17) is 4.74 Å². The molecule has 0 bridgehead atoms. The van der Waals surface area contributed by atoms with Gasteiger partial charge in [0.2, 0.25) is 0 Å². The molecule has 102 valence electrons. The number of nitrogens with one attached hydrogen (secondary N) is 1. The van der Waals surface area contributed by atoms with Gasteiger partial charge in [-0.25, -0.2) is 0 Å². The lowest BCUT2D eigenvalue weighted by Gasteiger charge is -2.17. The highest BCUT2D eigenvalue weighted by Gasteiger charge is 2.22. The number of amides is 1. The van der Waals surface area contributed by atoms with Gasteiger partial charge in [0.25, 0.3) is 5.91 Å². The lowest BCUT2D eigenvalue weighted by molar-refractivity contribution is 0.0945. The van der Waals surface area contributed by atoms with Gasteiger partial charge in [-0.2, -0.15) is 0 Å². The summed E-state index contributed by atoms with van der Waals surface area (Å²) in [6.45, 7) is 1.20. The van der Waals surface area contributed by atoms with Crippen LogP contribution in [-0.4, -0.2) is 37.7 Å². The van der Waals surface area contributed by atoms with Gasteiger partial charge in [0.1, 0.15) is 0 Å². The Balaban J connectivity index is 2.10. The van der Waals surface area contributed by atoms with Crippen LogP contribution < -0.4 is 5.32 Å². The minimum Gasteiger partial charge on any atom is -0.385 e. The number of ketones is 1. The van der Waals surface area contributed by atoms with Crippen LogP contribution in [0, 0.1) is 0 Å². The van der Waals surface area contributed by atoms with E-state index in [0.717, 1.165) is 17.1 Å². The van der Waals surface area contributed by atoms with Crippen molar-refractivity contribution in [3.63, 3.8) is 0 Å². The maximum atomic E-state index is 12.1. The molecular formula is C14H17NO3S. The van der Waals surface area contributed by atoms with Gasteiger partial charge >= 0.3 is 0 Å². The summed E-state index contributed by atoms with van der Waals surface area (Å²) < 4.78 is 4.93. The molecule has 1 aromatic rings. The number of fused-ring (bicyclic) bond motifs is 1. The summed E-state index contributed by atoms with van der Waals surface area (Å²) in [4.78, 5) is 24.7. The number of ether oxygens (including phenoxy) is 1. The fraction of sp³-hybridized carbons (Fsp3) is 0.429. The first-order valence-electron chi connectivity index (χ1n) is 6.30. The first-order chi connectivity index (χ1) is 9.24. The normalized spacial score (nSPS) is 14.1. The highest BCUT2D eigenvalue weighted by atomic mass is 32.2. The summed E-state index contributed by atoms with van der Waals surface area (Å²) >= 11 is 1.58. The van der Waals surface area contributed by atoms with E-state index < -0.39 is 0 Å². The van der Waals surface area contributed by atoms with Crippen molar-refractivity contribution in [2.75, 3.05) is 26.0 Å². The summed E-state index contributed by atoms with van der Waals surface area (Å²) in [5.74, 6) is 0.762. The number of methoxy groups -OCH3 is 1. The van der Waals surface area contributed by atoms with Gasteiger partial charge in [-0.05, 0) is 12.5 Å². The maximum Gasteiger partial charge on any atom is 0.252 e. The summed E-state index contributed by atoms with van der Waals surface area (Å²) in [6.07, 6.45) is 1.33. The molecule has 4 nitrogen and oxygen atoms in total. The molecule has 0 aromatic heterocycles. The van der Waals surface area contributed by atoms with E-state index in [0.29, 0.717) is 30.7 Å². The van der Waals surface area contributed by atoms with Crippen molar-refractivity contribution < 1.29 is 14.3 Å². The summed E-state index contributed by atoms with van der Waals surface area (Å²) in [5.41, 5.74) is 1.29. The number of carbonyl (C=O) groups is 2. The fourth-order valence-electron chi connectivity index (χ4n) is 1.99. The molecule has 19 heavy (non-hydrogen) atoms. The third-order valence-electron chi connectivity index (χ3n) is 2.95. The smallest absolute Gasteiger partial charge is 0.252 e. The Hall–Kier alpha value is -1.33. The SMILES string of the molecule is COCCCNC(=O)c1cccc2c1SCCC2=O. The number of Topliss-reactive ketones (excluding diaryl/α,β-unsaturated/α-hetero) is 1. The monoisotopic (exact) mass is 279 g/mol. The maximum absolute atomic E-state index is 12.1. The molecule has 1 N–H and O–H groups in total. The van der Waals surface area contributed by atoms with Crippen LogP contribution in [-0.2, 0) is 4.74 Å². The van der Waals surface area contributed by atoms with Gasteiger partial charge in [-0.15, -0.1) is 11.8 Å². The summed E-state index contributed by atoms with van der Waals surface area (Å²) in [6, 6.07) is 5.34. The van der Waals surface area contributed by atoms with Crippen molar-refractivity contribution in [2.24, 2.45) is 0 Å². The Bertz CT molecular complexity index is 488. The molecule has 0 atom stereocenters. The average molecular weight is 279 g/mol. The Kier molecular flexibility index (Phi) is 4.99. The lowest BCUT2D eigenvalue weighted by Crippen LogP contribution is -2.26. The van der Waals surface area contributed by atoms with Gasteiger partial charge in [0.15, 0.2) is 5.78 Å². The molecule has 1 aromatic carbocycles. The molecule has 0 saturated heterocycles. The number of hydrogen-bond donors (Lipinski definition) is 1. The predicted octanol–water partition coefficient (Wildman–Crippen LogP) is 2.13. The van der Waals surface area contributed by atoms with Crippen LogP contribution in [0.2, 0.25) is 0 Å². The molecule has 0 aliphatic carbocycles. The number of hydrogen-bond acceptors (Lipinski definition) is 4. The van der Waals surface area contributed by atoms with Crippen molar-refractivity contribution in [3.8, 4) is 0 Å². The highest BCUT2D eigenvalue weighted by Crippen LogP contribution is 2.32. The van der Waals surface area contributed by atoms with Crippen molar-refractivity contribution in [1.29, 1.82) is 0 Å². The second-order valence-electron chi connectivity index (χ2n) is 4.31. The van der Waals surface area contributed by atoms with E-state index in [1.54, 1.807) is 37.1 Å². The van der Waals surface area contributed by atoms with Crippen molar-refractivity contribution in [2.45, 2.75) is 17.7 Å². The molecule has 0 spiro atoms. The third-order valence-corrected chi connectivity index (χ3v) is 4.08. The lowest BCUT2D eigenvalue weighted by atomic mass is 10.0. The molecule has 0 unspecified atom stereocenters. The molecule has 5 heteroatoms. The van der Waals surface area contributed by atoms with Crippen LogP contribution in [0.4, 0.5) is 0 Å². The first-order valence-corrected chi connectivity index (χ1v) is 7.28. The largest absolute Gasteiger partial charge is 0.385 e. The van der Waals surface area contributed by atoms with Crippen molar-refractivity contribution in [3.05, 3.63) is 29.3 Å². The first kappa shape index (κ1) is 14.1. The zero-order valence-electron chi connectivity index (χ0n) is 10.9. The van der Waals surface area contributed by atoms with Gasteiger partial charge < -0.3 is 10.1 Å². The van der Waals surface area contributed by atoms with E-state index in [9.17, 15) is 9.59 Å². The van der Waals surface area contributed by atoms with Gasteiger partial charge in [0, 0.05) is 42.9 Å². The molecule has 1 aliphatic heterocycles. The zero-order chi connectivity index (χ0) is 13.7. The molecule has 1 aliphatic rings. The van der Waals surface area contributed by atoms with E-state index in [1.807, 2.05) is 0 Å². The Morgan fingerprint density at radius 2 is 2.32 bits per heavy atom.